The van der Waals surface area contributed by atoms with Gasteiger partial charge in [0.15, 0.2) is 0 Å². The number of benzene rings is 1. The fourth-order valence-corrected chi connectivity index (χ4v) is 4.15. The first-order valence-electron chi connectivity index (χ1n) is 10.5. The van der Waals surface area contributed by atoms with Crippen LogP contribution in [0.2, 0.25) is 5.02 Å². The number of aromatic nitrogens is 1. The molecule has 2 aromatic rings. The third-order valence-corrected chi connectivity index (χ3v) is 7.26. The van der Waals surface area contributed by atoms with Crippen LogP contribution in [0.5, 0.6) is 0 Å². The first-order valence-corrected chi connectivity index (χ1v) is 12.8. The lowest BCUT2D eigenvalue weighted by Gasteiger charge is -2.32. The number of aryl methyl sites for hydroxylation is 1. The summed E-state index contributed by atoms with van der Waals surface area (Å²) >= 11 is 5.88. The van der Waals surface area contributed by atoms with Crippen LogP contribution in [-0.2, 0) is 29.5 Å². The molecule has 1 aromatic carbocycles. The van der Waals surface area contributed by atoms with Crippen LogP contribution < -0.4 is 10.9 Å². The molecule has 2 amide bonds. The van der Waals surface area contributed by atoms with Crippen molar-refractivity contribution in [1.82, 2.24) is 19.1 Å². The first kappa shape index (κ1) is 24.9. The molecule has 0 bridgehead atoms. The van der Waals surface area contributed by atoms with Crippen molar-refractivity contribution in [3.63, 3.8) is 0 Å². The molecule has 0 fully saturated rings. The molecule has 33 heavy (non-hydrogen) atoms. The number of pyridine rings is 1. The molecule has 1 aromatic heterocycles. The molecule has 1 aliphatic rings. The van der Waals surface area contributed by atoms with E-state index < -0.39 is 21.5 Å². The third kappa shape index (κ3) is 5.63. The molecule has 2 heterocycles. The molecule has 0 aliphatic carbocycles. The van der Waals surface area contributed by atoms with E-state index in [1.807, 2.05) is 6.92 Å². The van der Waals surface area contributed by atoms with E-state index in [4.69, 9.17) is 11.6 Å². The van der Waals surface area contributed by atoms with Crippen molar-refractivity contribution < 1.29 is 18.0 Å². The molecule has 178 valence electrons. The Labute approximate surface area is 198 Å². The second-order valence-corrected chi connectivity index (χ2v) is 10.5. The zero-order valence-corrected chi connectivity index (χ0v) is 20.4. The topological polar surface area (TPSA) is 109 Å². The van der Waals surface area contributed by atoms with Crippen LogP contribution >= 0.6 is 11.6 Å². The van der Waals surface area contributed by atoms with Crippen molar-refractivity contribution in [2.24, 2.45) is 0 Å². The Morgan fingerprint density at radius 3 is 2.45 bits per heavy atom. The van der Waals surface area contributed by atoms with Gasteiger partial charge in [0.2, 0.25) is 10.0 Å². The van der Waals surface area contributed by atoms with E-state index in [1.165, 1.54) is 26.9 Å². The van der Waals surface area contributed by atoms with Crippen LogP contribution in [0.15, 0.2) is 35.1 Å². The van der Waals surface area contributed by atoms with Gasteiger partial charge < -0.3 is 14.8 Å². The zero-order chi connectivity index (χ0) is 24.3. The molecule has 0 spiro atoms. The van der Waals surface area contributed by atoms with Crippen molar-refractivity contribution in [3.05, 3.63) is 68.1 Å². The third-order valence-electron chi connectivity index (χ3n) is 5.69. The fraction of sp³-hybridized carbons (Fsp3) is 0.409. The Bertz CT molecular complexity index is 1220. The molecule has 0 unspecified atom stereocenters. The molecular weight excluding hydrogens is 468 g/mol. The van der Waals surface area contributed by atoms with Crippen LogP contribution in [-0.4, -0.2) is 66.9 Å². The molecule has 9 nitrogen and oxygen atoms in total. The van der Waals surface area contributed by atoms with E-state index in [0.717, 1.165) is 11.8 Å². The highest BCUT2D eigenvalue weighted by Crippen LogP contribution is 2.18. The van der Waals surface area contributed by atoms with Crippen molar-refractivity contribution in [3.8, 4) is 0 Å². The molecule has 0 saturated carbocycles. The number of nitrogens with one attached hydrogen (secondary N) is 1. The van der Waals surface area contributed by atoms with Gasteiger partial charge in [-0.05, 0) is 35.7 Å². The van der Waals surface area contributed by atoms with E-state index in [1.54, 1.807) is 24.3 Å². The van der Waals surface area contributed by atoms with E-state index in [-0.39, 0.29) is 49.9 Å². The lowest BCUT2D eigenvalue weighted by Crippen LogP contribution is -2.49. The number of halogens is 1. The van der Waals surface area contributed by atoms with Gasteiger partial charge in [0.25, 0.3) is 17.4 Å². The van der Waals surface area contributed by atoms with Gasteiger partial charge in [-0.15, -0.1) is 0 Å². The fourth-order valence-electron chi connectivity index (χ4n) is 3.62. The monoisotopic (exact) mass is 494 g/mol. The molecule has 0 saturated heterocycles. The summed E-state index contributed by atoms with van der Waals surface area (Å²) in [7, 11) is -1.90. The molecule has 11 heteroatoms. The van der Waals surface area contributed by atoms with Crippen LogP contribution in [0.25, 0.3) is 0 Å². The number of nitrogens with zero attached hydrogens (tertiary/aromatic N) is 3. The number of carbonyl (C=O) groups is 2. The molecule has 1 N–H and O–H groups in total. The van der Waals surface area contributed by atoms with Crippen molar-refractivity contribution >= 4 is 33.4 Å². The summed E-state index contributed by atoms with van der Waals surface area (Å²) in [6.45, 7) is 2.93. The lowest BCUT2D eigenvalue weighted by atomic mass is 10.0. The highest BCUT2D eigenvalue weighted by molar-refractivity contribution is 7.88. The zero-order valence-electron chi connectivity index (χ0n) is 18.8. The van der Waals surface area contributed by atoms with Crippen molar-refractivity contribution in [1.29, 1.82) is 0 Å². The maximum atomic E-state index is 13.1. The van der Waals surface area contributed by atoms with Gasteiger partial charge in [0.1, 0.15) is 11.3 Å². The Hall–Kier alpha value is -2.69. The second-order valence-electron chi connectivity index (χ2n) is 7.93. The molecular formula is C22H27ClN4O5S. The minimum Gasteiger partial charge on any atom is -0.348 e. The number of hydrogen-bond donors (Lipinski definition) is 1. The summed E-state index contributed by atoms with van der Waals surface area (Å²) < 4.78 is 25.8. The van der Waals surface area contributed by atoms with Gasteiger partial charge in [0.05, 0.1) is 6.26 Å². The quantitative estimate of drug-likeness (QED) is 0.595. The van der Waals surface area contributed by atoms with Gasteiger partial charge in [-0.25, -0.2) is 12.7 Å². The predicted molar refractivity (Wildman–Crippen MR) is 126 cm³/mol. The largest absolute Gasteiger partial charge is 0.348 e. The van der Waals surface area contributed by atoms with Gasteiger partial charge in [-0.2, -0.15) is 0 Å². The number of rotatable bonds is 8. The summed E-state index contributed by atoms with van der Waals surface area (Å²) in [5.41, 5.74) is 1.16. The van der Waals surface area contributed by atoms with Crippen molar-refractivity contribution in [2.45, 2.75) is 26.4 Å². The number of carbonyl (C=O) groups excluding carboxylic acids is 2. The van der Waals surface area contributed by atoms with E-state index in [0.29, 0.717) is 17.0 Å². The Kier molecular flexibility index (Phi) is 7.61. The maximum Gasteiger partial charge on any atom is 0.270 e. The highest BCUT2D eigenvalue weighted by atomic mass is 35.5. The average Bonchev–Trinajstić information content (AvgIpc) is 2.77. The highest BCUT2D eigenvalue weighted by Gasteiger charge is 2.30. The molecule has 3 rings (SSSR count). The average molecular weight is 495 g/mol. The standard InChI is InChI=1S/C22H27ClN4O5S/c1-4-16-13-18(20(28)24-14-15-5-7-17(23)8-6-15)21(29)27-12-11-26(22(30)19(16)27)10-9-25(2)33(3,31)32/h5-8,13H,4,9-12,14H2,1-3H3,(H,24,28). The van der Waals surface area contributed by atoms with Gasteiger partial charge in [0, 0.05) is 44.8 Å². The second kappa shape index (κ2) is 10.1. The van der Waals surface area contributed by atoms with Crippen LogP contribution in [0.3, 0.4) is 0 Å². The summed E-state index contributed by atoms with van der Waals surface area (Å²) in [5, 5.41) is 3.34. The first-order chi connectivity index (χ1) is 15.5. The molecule has 0 radical (unpaired) electrons. The Balaban J connectivity index is 1.81. The molecule has 1 aliphatic heterocycles. The van der Waals surface area contributed by atoms with E-state index in [9.17, 15) is 22.8 Å². The summed E-state index contributed by atoms with van der Waals surface area (Å²) in [4.78, 5) is 40.5. The van der Waals surface area contributed by atoms with Crippen LogP contribution in [0.4, 0.5) is 0 Å². The van der Waals surface area contributed by atoms with Gasteiger partial charge >= 0.3 is 0 Å². The van der Waals surface area contributed by atoms with E-state index in [2.05, 4.69) is 5.32 Å². The summed E-state index contributed by atoms with van der Waals surface area (Å²) in [6, 6.07) is 8.49. The number of sulfonamides is 1. The Morgan fingerprint density at radius 1 is 1.18 bits per heavy atom. The number of amides is 2. The smallest absolute Gasteiger partial charge is 0.270 e. The number of hydrogen-bond acceptors (Lipinski definition) is 5. The number of likely N-dealkylation sites (N-methyl/N-ethyl adjacent to an activating group) is 1. The normalized spacial score (nSPS) is 13.8. The van der Waals surface area contributed by atoms with Crippen molar-refractivity contribution in [2.75, 3.05) is 32.9 Å². The van der Waals surface area contributed by atoms with E-state index >= 15 is 0 Å². The van der Waals surface area contributed by atoms with Crippen LogP contribution in [0, 0.1) is 0 Å². The lowest BCUT2D eigenvalue weighted by molar-refractivity contribution is 0.0691. The molecule has 0 atom stereocenters. The van der Waals surface area contributed by atoms with Gasteiger partial charge in [-0.1, -0.05) is 30.7 Å². The minimum absolute atomic E-state index is 0.0115. The number of fused-ring (bicyclic) bond motifs is 1. The summed E-state index contributed by atoms with van der Waals surface area (Å²) in [5.74, 6) is -0.852. The van der Waals surface area contributed by atoms with Crippen LogP contribution in [0.1, 0.15) is 38.9 Å². The predicted octanol–water partition coefficient (Wildman–Crippen LogP) is 1.34. The Morgan fingerprint density at radius 2 is 1.85 bits per heavy atom. The SMILES string of the molecule is CCc1cc(C(=O)NCc2ccc(Cl)cc2)c(=O)n2c1C(=O)N(CCN(C)S(C)(=O)=O)CC2. The van der Waals surface area contributed by atoms with Gasteiger partial charge in [-0.3, -0.25) is 14.4 Å². The summed E-state index contributed by atoms with van der Waals surface area (Å²) in [6.07, 6.45) is 1.56. The maximum absolute atomic E-state index is 13.1. The minimum atomic E-state index is -3.35.